The van der Waals surface area contributed by atoms with Gasteiger partial charge in [-0.1, -0.05) is 0 Å². The number of hydrogen-bond donors (Lipinski definition) is 1. The molecule has 0 heterocycles. The second kappa shape index (κ2) is 6.37. The van der Waals surface area contributed by atoms with Crippen LogP contribution >= 0.6 is 0 Å². The molecule has 1 rings (SSSR count). The Morgan fingerprint density at radius 1 is 1.00 bits per heavy atom. The summed E-state index contributed by atoms with van der Waals surface area (Å²) >= 11 is 1.13. The van der Waals surface area contributed by atoms with E-state index >= 15 is 0 Å². The van der Waals surface area contributed by atoms with E-state index in [2.05, 4.69) is 21.1 Å². The summed E-state index contributed by atoms with van der Waals surface area (Å²) in [6.45, 7) is 0. The SMILES string of the molecule is C[NH+](C)C.FC(F)(F)c1cc[c]([Sn+3])cc1. The zero-order valence-corrected chi connectivity index (χ0v) is 11.8. The molecule has 0 radical (unpaired) electrons. The number of hydrogen-bond acceptors (Lipinski definition) is 0. The van der Waals surface area contributed by atoms with Crippen molar-refractivity contribution in [2.75, 3.05) is 21.1 Å². The number of quaternary nitrogens is 1. The van der Waals surface area contributed by atoms with Crippen molar-refractivity contribution < 1.29 is 18.1 Å². The van der Waals surface area contributed by atoms with Gasteiger partial charge in [0.25, 0.3) is 0 Å². The van der Waals surface area contributed by atoms with Crippen LogP contribution in [0.25, 0.3) is 0 Å². The van der Waals surface area contributed by atoms with E-state index in [4.69, 9.17) is 0 Å². The van der Waals surface area contributed by atoms with Gasteiger partial charge in [-0.15, -0.1) is 0 Å². The molecule has 0 spiro atoms. The van der Waals surface area contributed by atoms with Crippen LogP contribution in [0.5, 0.6) is 0 Å². The quantitative estimate of drug-likeness (QED) is 0.653. The predicted molar refractivity (Wildman–Crippen MR) is 55.6 cm³/mol. The summed E-state index contributed by atoms with van der Waals surface area (Å²) in [5.74, 6) is 0. The minimum absolute atomic E-state index is 0.580. The summed E-state index contributed by atoms with van der Waals surface area (Å²) in [6.07, 6.45) is -4.20. The van der Waals surface area contributed by atoms with Crippen LogP contribution in [0, 0.1) is 0 Å². The van der Waals surface area contributed by atoms with Crippen molar-refractivity contribution in [3.63, 3.8) is 0 Å². The zero-order valence-electron chi connectivity index (χ0n) is 8.94. The van der Waals surface area contributed by atoms with Crippen molar-refractivity contribution in [3.05, 3.63) is 29.8 Å². The van der Waals surface area contributed by atoms with Crippen LogP contribution in [0.1, 0.15) is 5.56 Å². The van der Waals surface area contributed by atoms with Gasteiger partial charge in [-0.25, -0.2) is 0 Å². The Morgan fingerprint density at radius 3 is 1.60 bits per heavy atom. The third kappa shape index (κ3) is 7.67. The summed E-state index contributed by atoms with van der Waals surface area (Å²) in [5.41, 5.74) is -0.580. The summed E-state index contributed by atoms with van der Waals surface area (Å²) in [4.78, 5) is 1.42. The van der Waals surface area contributed by atoms with E-state index in [1.807, 2.05) is 0 Å². The van der Waals surface area contributed by atoms with Gasteiger partial charge in [-0.3, -0.25) is 0 Å². The van der Waals surface area contributed by atoms with Crippen LogP contribution < -0.4 is 8.48 Å². The summed E-state index contributed by atoms with van der Waals surface area (Å²) in [6, 6.07) is 5.18. The number of rotatable bonds is 0. The molecule has 15 heavy (non-hydrogen) atoms. The van der Waals surface area contributed by atoms with Crippen LogP contribution in [-0.2, 0) is 6.18 Å². The molecule has 0 fully saturated rings. The molecule has 0 unspecified atom stereocenters. The zero-order chi connectivity index (χ0) is 12.1. The number of benzene rings is 1. The minimum atomic E-state index is -4.20. The fourth-order valence-corrected chi connectivity index (χ4v) is 1.13. The molecule has 1 nitrogen and oxygen atoms in total. The number of halogens is 3. The normalized spacial score (nSPS) is 11.0. The Labute approximate surface area is 101 Å². The van der Waals surface area contributed by atoms with Crippen LogP contribution in [0.4, 0.5) is 13.2 Å². The summed E-state index contributed by atoms with van der Waals surface area (Å²) in [5, 5.41) is 0. The van der Waals surface area contributed by atoms with Gasteiger partial charge in [-0.05, 0) is 0 Å². The fourth-order valence-electron chi connectivity index (χ4n) is 0.659. The van der Waals surface area contributed by atoms with Crippen LogP contribution in [0.3, 0.4) is 0 Å². The van der Waals surface area contributed by atoms with Crippen LogP contribution in [0.15, 0.2) is 24.3 Å². The molecule has 0 aromatic heterocycles. The summed E-state index contributed by atoms with van der Waals surface area (Å²) in [7, 11) is 6.25. The molecule has 5 heteroatoms. The molecule has 1 N–H and O–H groups in total. The molecule has 0 aliphatic rings. The molecular weight excluding hydrogens is 310 g/mol. The third-order valence-corrected chi connectivity index (χ3v) is 2.16. The first-order chi connectivity index (χ1) is 6.73. The van der Waals surface area contributed by atoms with Crippen LogP contribution in [0.2, 0.25) is 0 Å². The van der Waals surface area contributed by atoms with Crippen molar-refractivity contribution in [2.24, 2.45) is 0 Å². The Bertz CT molecular complexity index is 277. The van der Waals surface area contributed by atoms with Crippen molar-refractivity contribution in [1.29, 1.82) is 0 Å². The maximum absolute atomic E-state index is 11.9. The number of nitrogens with one attached hydrogen (secondary N) is 1. The van der Waals surface area contributed by atoms with Gasteiger partial charge in [0.1, 0.15) is 0 Å². The van der Waals surface area contributed by atoms with E-state index in [0.29, 0.717) is 0 Å². The maximum atomic E-state index is 11.9. The van der Waals surface area contributed by atoms with E-state index < -0.39 is 11.7 Å². The Hall–Kier alpha value is -0.231. The van der Waals surface area contributed by atoms with Crippen LogP contribution in [-0.4, -0.2) is 43.7 Å². The molecule has 0 bridgehead atoms. The molecule has 0 saturated heterocycles. The molecule has 0 amide bonds. The first kappa shape index (κ1) is 14.8. The van der Waals surface area contributed by atoms with E-state index in [1.54, 1.807) is 0 Å². The van der Waals surface area contributed by atoms with Crippen molar-refractivity contribution in [1.82, 2.24) is 0 Å². The molecule has 0 saturated carbocycles. The molecule has 1 aromatic carbocycles. The van der Waals surface area contributed by atoms with E-state index in [9.17, 15) is 13.2 Å². The van der Waals surface area contributed by atoms with Gasteiger partial charge in [0.15, 0.2) is 0 Å². The molecule has 1 aromatic rings. The first-order valence-corrected chi connectivity index (χ1v) is 5.82. The summed E-state index contributed by atoms with van der Waals surface area (Å²) < 4.78 is 36.7. The van der Waals surface area contributed by atoms with Gasteiger partial charge >= 0.3 is 75.3 Å². The Morgan fingerprint density at radius 2 is 1.33 bits per heavy atom. The van der Waals surface area contributed by atoms with Crippen molar-refractivity contribution in [3.8, 4) is 0 Å². The van der Waals surface area contributed by atoms with Gasteiger partial charge in [-0.2, -0.15) is 0 Å². The first-order valence-electron chi connectivity index (χ1n) is 4.39. The third-order valence-electron chi connectivity index (χ3n) is 1.21. The van der Waals surface area contributed by atoms with Gasteiger partial charge in [0, 0.05) is 0 Å². The van der Waals surface area contributed by atoms with E-state index in [-0.39, 0.29) is 0 Å². The molecule has 0 aliphatic heterocycles. The van der Waals surface area contributed by atoms with Crippen molar-refractivity contribution in [2.45, 2.75) is 6.18 Å². The van der Waals surface area contributed by atoms with Crippen molar-refractivity contribution >= 4 is 26.1 Å². The fraction of sp³-hybridized carbons (Fsp3) is 0.400. The Balaban J connectivity index is 0.000000423. The Kier molecular flexibility index (Phi) is 6.27. The second-order valence-electron chi connectivity index (χ2n) is 3.58. The monoisotopic (exact) mass is 325 g/mol. The van der Waals surface area contributed by atoms with Gasteiger partial charge < -0.3 is 4.90 Å². The van der Waals surface area contributed by atoms with Gasteiger partial charge in [0.05, 0.1) is 21.1 Å². The van der Waals surface area contributed by atoms with E-state index in [1.165, 1.54) is 17.0 Å². The average molecular weight is 324 g/mol. The second-order valence-corrected chi connectivity index (χ2v) is 5.22. The number of alkyl halides is 3. The topological polar surface area (TPSA) is 4.44 Å². The standard InChI is InChI=1S/C7H4F3.C3H9N.Sn/c8-7(9,10)6-4-2-1-3-5-6;1-4(2)3;/h2-5H;1-3H3;/q;;+3/p+1. The molecule has 0 atom stereocenters. The predicted octanol–water partition coefficient (Wildman–Crippen LogP) is 0.260. The average Bonchev–Trinajstić information content (AvgIpc) is 2.01. The van der Waals surface area contributed by atoms with Gasteiger partial charge in [0.2, 0.25) is 0 Å². The molecule has 0 aliphatic carbocycles. The molecular formula is C10H14F3NSn+4. The molecule has 80 valence electrons. The van der Waals surface area contributed by atoms with E-state index in [0.717, 1.165) is 38.2 Å².